The second kappa shape index (κ2) is 9.61. The molecule has 2 aromatic carbocycles. The van der Waals surface area contributed by atoms with Gasteiger partial charge in [-0.3, -0.25) is 9.59 Å². The Morgan fingerprint density at radius 2 is 1.77 bits per heavy atom. The number of aryl methyl sites for hydroxylation is 2. The highest BCUT2D eigenvalue weighted by Crippen LogP contribution is 2.19. The van der Waals surface area contributed by atoms with Crippen LogP contribution < -0.4 is 10.1 Å². The summed E-state index contributed by atoms with van der Waals surface area (Å²) in [7, 11) is 1.59. The molecular weight excluding hydrogens is 330 g/mol. The average Bonchev–Trinajstić information content (AvgIpc) is 2.67. The third kappa shape index (κ3) is 5.62. The number of anilines is 1. The summed E-state index contributed by atoms with van der Waals surface area (Å²) in [5.74, 6) is -0.0265. The molecule has 0 saturated heterocycles. The van der Waals surface area contributed by atoms with Gasteiger partial charge in [0.2, 0.25) is 0 Å². The first-order valence-corrected chi connectivity index (χ1v) is 8.74. The van der Waals surface area contributed by atoms with Crippen LogP contribution in [0.5, 0.6) is 5.75 Å². The number of carbonyl (C=O) groups excluding carboxylic acids is 2. The van der Waals surface area contributed by atoms with Gasteiger partial charge in [0.15, 0.2) is 6.10 Å². The van der Waals surface area contributed by atoms with Crippen LogP contribution in [-0.2, 0) is 27.2 Å². The molecule has 0 spiro atoms. The van der Waals surface area contributed by atoms with Crippen LogP contribution in [0.15, 0.2) is 48.5 Å². The molecule has 2 aromatic rings. The van der Waals surface area contributed by atoms with E-state index < -0.39 is 12.1 Å². The van der Waals surface area contributed by atoms with E-state index in [9.17, 15) is 9.59 Å². The van der Waals surface area contributed by atoms with Gasteiger partial charge in [-0.15, -0.1) is 0 Å². The average molecular weight is 355 g/mol. The lowest BCUT2D eigenvalue weighted by Gasteiger charge is -2.14. The van der Waals surface area contributed by atoms with Crippen molar-refractivity contribution in [3.63, 3.8) is 0 Å². The van der Waals surface area contributed by atoms with Gasteiger partial charge in [-0.05, 0) is 49.1 Å². The van der Waals surface area contributed by atoms with Crippen molar-refractivity contribution in [3.05, 3.63) is 59.7 Å². The number of benzene rings is 2. The number of methoxy groups -OCH3 is 1. The fourth-order valence-electron chi connectivity index (χ4n) is 2.52. The van der Waals surface area contributed by atoms with Gasteiger partial charge in [0, 0.05) is 12.1 Å². The third-order valence-electron chi connectivity index (χ3n) is 4.10. The summed E-state index contributed by atoms with van der Waals surface area (Å²) in [6.45, 7) is 3.64. The topological polar surface area (TPSA) is 64.6 Å². The molecule has 0 aliphatic carbocycles. The summed E-state index contributed by atoms with van der Waals surface area (Å²) in [6.07, 6.45) is 0.763. The molecule has 138 valence electrons. The summed E-state index contributed by atoms with van der Waals surface area (Å²) < 4.78 is 10.5. The van der Waals surface area contributed by atoms with Crippen LogP contribution in [0.3, 0.4) is 0 Å². The molecule has 0 radical (unpaired) electrons. The van der Waals surface area contributed by atoms with Gasteiger partial charge in [0.1, 0.15) is 5.75 Å². The lowest BCUT2D eigenvalue weighted by atomic mass is 10.1. The van der Waals surface area contributed by atoms with E-state index in [0.29, 0.717) is 12.1 Å². The largest absolute Gasteiger partial charge is 0.496 e. The molecule has 1 amide bonds. The summed E-state index contributed by atoms with van der Waals surface area (Å²) in [5.41, 5.74) is 2.81. The number of ether oxygens (including phenoxy) is 2. The maximum atomic E-state index is 12.2. The normalized spacial score (nSPS) is 11.5. The van der Waals surface area contributed by atoms with Crippen molar-refractivity contribution in [2.75, 3.05) is 12.4 Å². The zero-order valence-corrected chi connectivity index (χ0v) is 15.5. The molecule has 2 rings (SSSR count). The predicted octanol–water partition coefficient (Wildman–Crippen LogP) is 3.76. The summed E-state index contributed by atoms with van der Waals surface area (Å²) in [5, 5.41) is 2.75. The van der Waals surface area contributed by atoms with Gasteiger partial charge in [0.25, 0.3) is 5.91 Å². The van der Waals surface area contributed by atoms with E-state index >= 15 is 0 Å². The highest BCUT2D eigenvalue weighted by Gasteiger charge is 2.18. The van der Waals surface area contributed by atoms with Gasteiger partial charge in [0.05, 0.1) is 7.11 Å². The Morgan fingerprint density at radius 3 is 2.42 bits per heavy atom. The van der Waals surface area contributed by atoms with E-state index in [1.54, 1.807) is 14.0 Å². The molecule has 0 aliphatic heterocycles. The van der Waals surface area contributed by atoms with Crippen molar-refractivity contribution in [1.29, 1.82) is 0 Å². The Labute approximate surface area is 154 Å². The second-order valence-electron chi connectivity index (χ2n) is 5.98. The third-order valence-corrected chi connectivity index (χ3v) is 4.10. The molecule has 0 unspecified atom stereocenters. The quantitative estimate of drug-likeness (QED) is 0.732. The standard InChI is InChI=1S/C21H25NO4/c1-4-16-9-12-18(13-10-16)22-21(24)15(2)26-20(23)14-11-17-7-5-6-8-19(17)25-3/h5-10,12-13,15H,4,11,14H2,1-3H3,(H,22,24)/t15-/m0/s1. The van der Waals surface area contributed by atoms with Crippen LogP contribution in [0, 0.1) is 0 Å². The van der Waals surface area contributed by atoms with Crippen molar-refractivity contribution < 1.29 is 19.1 Å². The zero-order valence-electron chi connectivity index (χ0n) is 15.5. The van der Waals surface area contributed by atoms with Crippen molar-refractivity contribution >= 4 is 17.6 Å². The Hall–Kier alpha value is -2.82. The summed E-state index contributed by atoms with van der Waals surface area (Å²) >= 11 is 0. The Kier molecular flexibility index (Phi) is 7.21. The Balaban J connectivity index is 1.82. The second-order valence-corrected chi connectivity index (χ2v) is 5.98. The maximum Gasteiger partial charge on any atom is 0.306 e. The van der Waals surface area contributed by atoms with Gasteiger partial charge in [-0.2, -0.15) is 0 Å². The number of carbonyl (C=O) groups is 2. The SMILES string of the molecule is CCc1ccc(NC(=O)[C@H](C)OC(=O)CCc2ccccc2OC)cc1. The van der Waals surface area contributed by atoms with Crippen LogP contribution in [0.25, 0.3) is 0 Å². The van der Waals surface area contributed by atoms with E-state index in [1.807, 2.05) is 48.5 Å². The monoisotopic (exact) mass is 355 g/mol. The zero-order chi connectivity index (χ0) is 18.9. The molecular formula is C21H25NO4. The number of nitrogens with one attached hydrogen (secondary N) is 1. The first-order chi connectivity index (χ1) is 12.5. The number of rotatable bonds is 8. The molecule has 0 aliphatic rings. The fraction of sp³-hybridized carbons (Fsp3) is 0.333. The van der Waals surface area contributed by atoms with Crippen LogP contribution in [0.2, 0.25) is 0 Å². The molecule has 0 bridgehead atoms. The van der Waals surface area contributed by atoms with E-state index in [1.165, 1.54) is 5.56 Å². The van der Waals surface area contributed by atoms with Crippen LogP contribution in [0.1, 0.15) is 31.4 Å². The van der Waals surface area contributed by atoms with Crippen molar-refractivity contribution in [1.82, 2.24) is 0 Å². The number of hydrogen-bond donors (Lipinski definition) is 1. The Bertz CT molecular complexity index is 740. The summed E-state index contributed by atoms with van der Waals surface area (Å²) in [4.78, 5) is 24.2. The molecule has 0 saturated carbocycles. The molecule has 1 N–H and O–H groups in total. The van der Waals surface area contributed by atoms with E-state index in [-0.39, 0.29) is 12.3 Å². The van der Waals surface area contributed by atoms with Gasteiger partial charge >= 0.3 is 5.97 Å². The minimum Gasteiger partial charge on any atom is -0.496 e. The minimum absolute atomic E-state index is 0.184. The van der Waals surface area contributed by atoms with Crippen LogP contribution in [0.4, 0.5) is 5.69 Å². The molecule has 5 heteroatoms. The molecule has 0 heterocycles. The van der Waals surface area contributed by atoms with E-state index in [4.69, 9.17) is 9.47 Å². The van der Waals surface area contributed by atoms with Crippen molar-refractivity contribution in [2.24, 2.45) is 0 Å². The highest BCUT2D eigenvalue weighted by molar-refractivity contribution is 5.95. The number of para-hydroxylation sites is 1. The van der Waals surface area contributed by atoms with Gasteiger partial charge < -0.3 is 14.8 Å². The maximum absolute atomic E-state index is 12.2. The molecule has 5 nitrogen and oxygen atoms in total. The summed E-state index contributed by atoms with van der Waals surface area (Å²) in [6, 6.07) is 15.1. The molecule has 1 atom stereocenters. The van der Waals surface area contributed by atoms with E-state index in [2.05, 4.69) is 12.2 Å². The lowest BCUT2D eigenvalue weighted by Crippen LogP contribution is -2.30. The van der Waals surface area contributed by atoms with Crippen molar-refractivity contribution in [2.45, 2.75) is 39.2 Å². The first-order valence-electron chi connectivity index (χ1n) is 8.74. The number of amides is 1. The molecule has 0 fully saturated rings. The van der Waals surface area contributed by atoms with E-state index in [0.717, 1.165) is 17.7 Å². The first kappa shape index (κ1) is 19.5. The lowest BCUT2D eigenvalue weighted by molar-refractivity contribution is -0.153. The Morgan fingerprint density at radius 1 is 1.08 bits per heavy atom. The van der Waals surface area contributed by atoms with Gasteiger partial charge in [-0.1, -0.05) is 37.3 Å². The number of esters is 1. The van der Waals surface area contributed by atoms with Crippen LogP contribution in [-0.4, -0.2) is 25.1 Å². The molecule has 26 heavy (non-hydrogen) atoms. The molecule has 0 aromatic heterocycles. The predicted molar refractivity (Wildman–Crippen MR) is 101 cm³/mol. The highest BCUT2D eigenvalue weighted by atomic mass is 16.5. The smallest absolute Gasteiger partial charge is 0.306 e. The van der Waals surface area contributed by atoms with Crippen LogP contribution >= 0.6 is 0 Å². The van der Waals surface area contributed by atoms with Crippen molar-refractivity contribution in [3.8, 4) is 5.75 Å². The number of hydrogen-bond acceptors (Lipinski definition) is 4. The van der Waals surface area contributed by atoms with Gasteiger partial charge in [-0.25, -0.2) is 0 Å². The fourth-order valence-corrected chi connectivity index (χ4v) is 2.52. The minimum atomic E-state index is -0.856.